The standard InChI is InChI=1S/C12H11BrN2O3/c1-18-6-7-2-3-8(13)4-9(7)10-5-11(12(16)17)15-14-10/h2-5H,6H2,1H3,(H,14,15)(H,16,17). The number of hydrogen-bond donors (Lipinski definition) is 2. The van der Waals surface area contributed by atoms with E-state index in [0.29, 0.717) is 12.3 Å². The summed E-state index contributed by atoms with van der Waals surface area (Å²) in [6, 6.07) is 7.21. The van der Waals surface area contributed by atoms with Gasteiger partial charge in [0.2, 0.25) is 0 Å². The van der Waals surface area contributed by atoms with Crippen molar-refractivity contribution in [2.45, 2.75) is 6.61 Å². The van der Waals surface area contributed by atoms with Gasteiger partial charge in [-0.05, 0) is 23.8 Å². The summed E-state index contributed by atoms with van der Waals surface area (Å²) in [5, 5.41) is 15.4. The summed E-state index contributed by atoms with van der Waals surface area (Å²) in [5.41, 5.74) is 2.44. The van der Waals surface area contributed by atoms with Gasteiger partial charge in [-0.15, -0.1) is 0 Å². The lowest BCUT2D eigenvalue weighted by Crippen LogP contribution is -1.95. The zero-order valence-corrected chi connectivity index (χ0v) is 11.2. The molecule has 2 rings (SSSR count). The molecule has 0 amide bonds. The summed E-state index contributed by atoms with van der Waals surface area (Å²) >= 11 is 3.39. The molecule has 18 heavy (non-hydrogen) atoms. The van der Waals surface area contributed by atoms with Crippen molar-refractivity contribution in [3.05, 3.63) is 40.0 Å². The first-order valence-electron chi connectivity index (χ1n) is 5.18. The van der Waals surface area contributed by atoms with Crippen LogP contribution in [0.1, 0.15) is 16.1 Å². The number of methoxy groups -OCH3 is 1. The van der Waals surface area contributed by atoms with Crippen LogP contribution in [0.2, 0.25) is 0 Å². The SMILES string of the molecule is COCc1ccc(Br)cc1-c1cc(C(=O)O)[nH]n1. The topological polar surface area (TPSA) is 75.2 Å². The molecule has 2 aromatic rings. The van der Waals surface area contributed by atoms with Crippen LogP contribution >= 0.6 is 15.9 Å². The average Bonchev–Trinajstić information content (AvgIpc) is 2.81. The Labute approximate surface area is 112 Å². The summed E-state index contributed by atoms with van der Waals surface area (Å²) < 4.78 is 6.01. The van der Waals surface area contributed by atoms with Crippen LogP contribution in [0.15, 0.2) is 28.7 Å². The fourth-order valence-electron chi connectivity index (χ4n) is 1.64. The van der Waals surface area contributed by atoms with Gasteiger partial charge in [0.1, 0.15) is 5.69 Å². The fourth-order valence-corrected chi connectivity index (χ4v) is 2.00. The molecule has 1 aromatic heterocycles. The highest BCUT2D eigenvalue weighted by atomic mass is 79.9. The first-order valence-corrected chi connectivity index (χ1v) is 5.97. The molecule has 0 fully saturated rings. The van der Waals surface area contributed by atoms with Crippen LogP contribution in [-0.4, -0.2) is 28.4 Å². The normalized spacial score (nSPS) is 10.6. The molecule has 1 heterocycles. The second kappa shape index (κ2) is 5.32. The molecular weight excluding hydrogens is 300 g/mol. The van der Waals surface area contributed by atoms with Crippen LogP contribution in [-0.2, 0) is 11.3 Å². The third kappa shape index (κ3) is 2.60. The highest BCUT2D eigenvalue weighted by Gasteiger charge is 2.12. The molecule has 0 saturated carbocycles. The van der Waals surface area contributed by atoms with Crippen LogP contribution in [0.3, 0.4) is 0 Å². The number of carboxylic acid groups (broad SMARTS) is 1. The smallest absolute Gasteiger partial charge is 0.353 e. The van der Waals surface area contributed by atoms with E-state index in [4.69, 9.17) is 9.84 Å². The number of aromatic amines is 1. The molecule has 0 radical (unpaired) electrons. The molecule has 6 heteroatoms. The van der Waals surface area contributed by atoms with Gasteiger partial charge in [0.15, 0.2) is 0 Å². The van der Waals surface area contributed by atoms with Gasteiger partial charge >= 0.3 is 5.97 Å². The number of aromatic carboxylic acids is 1. The van der Waals surface area contributed by atoms with Crippen molar-refractivity contribution < 1.29 is 14.6 Å². The molecule has 0 unspecified atom stereocenters. The largest absolute Gasteiger partial charge is 0.477 e. The second-order valence-electron chi connectivity index (χ2n) is 3.71. The molecule has 0 aliphatic rings. The van der Waals surface area contributed by atoms with E-state index in [-0.39, 0.29) is 5.69 Å². The van der Waals surface area contributed by atoms with Crippen LogP contribution < -0.4 is 0 Å². The number of carboxylic acids is 1. The maximum Gasteiger partial charge on any atom is 0.353 e. The van der Waals surface area contributed by atoms with Crippen molar-refractivity contribution in [2.24, 2.45) is 0 Å². The molecule has 0 bridgehead atoms. The van der Waals surface area contributed by atoms with Gasteiger partial charge in [0, 0.05) is 17.1 Å². The lowest BCUT2D eigenvalue weighted by atomic mass is 10.1. The summed E-state index contributed by atoms with van der Waals surface area (Å²) in [6.45, 7) is 0.442. The van der Waals surface area contributed by atoms with E-state index in [0.717, 1.165) is 15.6 Å². The summed E-state index contributed by atoms with van der Waals surface area (Å²) in [7, 11) is 1.61. The summed E-state index contributed by atoms with van der Waals surface area (Å²) in [4.78, 5) is 10.8. The monoisotopic (exact) mass is 310 g/mol. The fraction of sp³-hybridized carbons (Fsp3) is 0.167. The van der Waals surface area contributed by atoms with Crippen molar-refractivity contribution in [1.29, 1.82) is 0 Å². The predicted molar refractivity (Wildman–Crippen MR) is 69.4 cm³/mol. The number of rotatable bonds is 4. The molecule has 94 valence electrons. The first-order chi connectivity index (χ1) is 8.61. The molecule has 0 aliphatic carbocycles. The van der Waals surface area contributed by atoms with Crippen LogP contribution in [0.5, 0.6) is 0 Å². The Morgan fingerprint density at radius 3 is 2.89 bits per heavy atom. The minimum Gasteiger partial charge on any atom is -0.477 e. The van der Waals surface area contributed by atoms with Crippen molar-refractivity contribution in [2.75, 3.05) is 7.11 Å². The first kappa shape index (κ1) is 12.8. The minimum atomic E-state index is -1.03. The number of nitrogens with one attached hydrogen (secondary N) is 1. The van der Waals surface area contributed by atoms with Gasteiger partial charge in [0.25, 0.3) is 0 Å². The average molecular weight is 311 g/mol. The Bertz CT molecular complexity index is 580. The van der Waals surface area contributed by atoms with Gasteiger partial charge < -0.3 is 9.84 Å². The molecule has 0 aliphatic heterocycles. The van der Waals surface area contributed by atoms with E-state index in [9.17, 15) is 4.79 Å². The van der Waals surface area contributed by atoms with Crippen LogP contribution in [0.25, 0.3) is 11.3 Å². The molecule has 2 N–H and O–H groups in total. The lowest BCUT2D eigenvalue weighted by Gasteiger charge is -2.06. The Morgan fingerprint density at radius 2 is 2.28 bits per heavy atom. The highest BCUT2D eigenvalue weighted by Crippen LogP contribution is 2.26. The third-order valence-corrected chi connectivity index (χ3v) is 2.95. The van der Waals surface area contributed by atoms with E-state index >= 15 is 0 Å². The van der Waals surface area contributed by atoms with Crippen LogP contribution in [0, 0.1) is 0 Å². The molecule has 1 aromatic carbocycles. The number of ether oxygens (including phenoxy) is 1. The molecule has 0 spiro atoms. The van der Waals surface area contributed by atoms with Gasteiger partial charge in [-0.25, -0.2) is 4.79 Å². The van der Waals surface area contributed by atoms with Crippen molar-refractivity contribution in [3.63, 3.8) is 0 Å². The van der Waals surface area contributed by atoms with E-state index in [2.05, 4.69) is 26.1 Å². The Morgan fingerprint density at radius 1 is 1.50 bits per heavy atom. The number of H-pyrrole nitrogens is 1. The third-order valence-electron chi connectivity index (χ3n) is 2.46. The molecule has 5 nitrogen and oxygen atoms in total. The zero-order valence-electron chi connectivity index (χ0n) is 9.61. The zero-order chi connectivity index (χ0) is 13.1. The number of benzene rings is 1. The van der Waals surface area contributed by atoms with Gasteiger partial charge in [-0.2, -0.15) is 5.10 Å². The minimum absolute atomic E-state index is 0.0633. The summed E-state index contributed by atoms with van der Waals surface area (Å²) in [5.74, 6) is -1.03. The molecule has 0 atom stereocenters. The highest BCUT2D eigenvalue weighted by molar-refractivity contribution is 9.10. The van der Waals surface area contributed by atoms with E-state index < -0.39 is 5.97 Å². The van der Waals surface area contributed by atoms with Crippen LogP contribution in [0.4, 0.5) is 0 Å². The number of aromatic nitrogens is 2. The predicted octanol–water partition coefficient (Wildman–Crippen LogP) is 2.68. The van der Waals surface area contributed by atoms with Crippen molar-refractivity contribution in [1.82, 2.24) is 10.2 Å². The quantitative estimate of drug-likeness (QED) is 0.910. The number of hydrogen-bond acceptors (Lipinski definition) is 3. The maximum absolute atomic E-state index is 10.8. The summed E-state index contributed by atoms with van der Waals surface area (Å²) in [6.07, 6.45) is 0. The number of halogens is 1. The van der Waals surface area contributed by atoms with Crippen molar-refractivity contribution in [3.8, 4) is 11.3 Å². The van der Waals surface area contributed by atoms with E-state index in [1.165, 1.54) is 6.07 Å². The van der Waals surface area contributed by atoms with E-state index in [1.807, 2.05) is 18.2 Å². The van der Waals surface area contributed by atoms with E-state index in [1.54, 1.807) is 7.11 Å². The second-order valence-corrected chi connectivity index (χ2v) is 4.62. The Hall–Kier alpha value is -1.66. The molecule has 0 saturated heterocycles. The van der Waals surface area contributed by atoms with Crippen molar-refractivity contribution >= 4 is 21.9 Å². The number of nitrogens with zero attached hydrogens (tertiary/aromatic N) is 1. The Kier molecular flexibility index (Phi) is 3.78. The van der Waals surface area contributed by atoms with Gasteiger partial charge in [-0.3, -0.25) is 5.10 Å². The maximum atomic E-state index is 10.8. The number of carbonyl (C=O) groups is 1. The Balaban J connectivity index is 2.47. The lowest BCUT2D eigenvalue weighted by molar-refractivity contribution is 0.0690. The molecular formula is C12H11BrN2O3. The van der Waals surface area contributed by atoms with Gasteiger partial charge in [-0.1, -0.05) is 22.0 Å². The van der Waals surface area contributed by atoms with Gasteiger partial charge in [0.05, 0.1) is 12.3 Å².